The molecule has 2 atom stereocenters. The van der Waals surface area contributed by atoms with Crippen molar-refractivity contribution in [2.45, 2.75) is 21.3 Å². The number of hydrogen-bond donors (Lipinski definition) is 1. The topological polar surface area (TPSA) is 63.4 Å². The van der Waals surface area contributed by atoms with Crippen LogP contribution in [0.4, 0.5) is 0 Å². The summed E-state index contributed by atoms with van der Waals surface area (Å²) in [7, 11) is 0. The summed E-state index contributed by atoms with van der Waals surface area (Å²) in [5.74, 6) is 0. The molecule has 0 saturated carbocycles. The molecule has 12 heavy (non-hydrogen) atoms. The van der Waals surface area contributed by atoms with E-state index in [1.165, 1.54) is 0 Å². The number of nitro groups is 1. The summed E-state index contributed by atoms with van der Waals surface area (Å²) in [6.45, 7) is 1.10. The lowest BCUT2D eigenvalue weighted by Crippen LogP contribution is -2.48. The summed E-state index contributed by atoms with van der Waals surface area (Å²) in [4.78, 5) is 9.55. The first-order chi connectivity index (χ1) is 5.10. The maximum absolute atomic E-state index is 10.3. The van der Waals surface area contributed by atoms with Gasteiger partial charge >= 0.3 is 4.45 Å². The van der Waals surface area contributed by atoms with Crippen LogP contribution in [-0.4, -0.2) is 24.4 Å². The lowest BCUT2D eigenvalue weighted by molar-refractivity contribution is -0.542. The monoisotopic (exact) mass is 299 g/mol. The quantitative estimate of drug-likeness (QED) is 0.368. The molecule has 2 unspecified atom stereocenters. The van der Waals surface area contributed by atoms with Crippen molar-refractivity contribution in [3.8, 4) is 0 Å². The molecule has 72 valence electrons. The Kier molecular flexibility index (Phi) is 4.06. The van der Waals surface area contributed by atoms with Crippen LogP contribution in [-0.2, 0) is 0 Å². The zero-order chi connectivity index (χ0) is 10.2. The van der Waals surface area contributed by atoms with Crippen molar-refractivity contribution in [2.24, 2.45) is 0 Å². The summed E-state index contributed by atoms with van der Waals surface area (Å²) in [5.41, 5.74) is 0. The molecule has 4 nitrogen and oxygen atoms in total. The van der Waals surface area contributed by atoms with E-state index in [1.54, 1.807) is 0 Å². The SMILES string of the molecule is CC(Br)(C(O)C(Cl)(Cl)Cl)[N+](=O)[O-]. The highest BCUT2D eigenvalue weighted by Gasteiger charge is 2.52. The molecule has 1 N–H and O–H groups in total. The Morgan fingerprint density at radius 3 is 2.00 bits per heavy atom. The maximum atomic E-state index is 10.3. The van der Waals surface area contributed by atoms with E-state index in [-0.39, 0.29) is 0 Å². The highest BCUT2D eigenvalue weighted by molar-refractivity contribution is 9.10. The van der Waals surface area contributed by atoms with Gasteiger partial charge in [0.05, 0.1) is 0 Å². The van der Waals surface area contributed by atoms with Crippen LogP contribution in [0, 0.1) is 10.1 Å². The average molecular weight is 301 g/mol. The Balaban J connectivity index is 4.69. The third-order valence-electron chi connectivity index (χ3n) is 1.17. The van der Waals surface area contributed by atoms with Gasteiger partial charge in [0, 0.05) is 27.8 Å². The van der Waals surface area contributed by atoms with Gasteiger partial charge in [-0.25, -0.2) is 0 Å². The molecule has 0 fully saturated rings. The lowest BCUT2D eigenvalue weighted by atomic mass is 10.2. The van der Waals surface area contributed by atoms with Crippen molar-refractivity contribution in [3.63, 3.8) is 0 Å². The molecule has 0 amide bonds. The molecule has 0 aromatic carbocycles. The zero-order valence-electron chi connectivity index (χ0n) is 5.80. The fourth-order valence-electron chi connectivity index (χ4n) is 0.399. The normalized spacial score (nSPS) is 19.8. The van der Waals surface area contributed by atoms with Gasteiger partial charge in [0.1, 0.15) is 0 Å². The van der Waals surface area contributed by atoms with Gasteiger partial charge in [-0.15, -0.1) is 0 Å². The van der Waals surface area contributed by atoms with E-state index in [2.05, 4.69) is 15.9 Å². The first kappa shape index (κ1) is 12.7. The number of rotatable bonds is 2. The molecule has 0 aliphatic rings. The number of halogens is 4. The Morgan fingerprint density at radius 2 is 1.92 bits per heavy atom. The fraction of sp³-hybridized carbons (Fsp3) is 1.00. The molecule has 0 aliphatic heterocycles. The predicted molar refractivity (Wildman–Crippen MR) is 50.6 cm³/mol. The van der Waals surface area contributed by atoms with E-state index in [4.69, 9.17) is 34.8 Å². The highest BCUT2D eigenvalue weighted by Crippen LogP contribution is 2.39. The molecule has 0 aromatic rings. The molecule has 0 saturated heterocycles. The van der Waals surface area contributed by atoms with Gasteiger partial charge < -0.3 is 5.11 Å². The van der Waals surface area contributed by atoms with Gasteiger partial charge in [-0.1, -0.05) is 34.8 Å². The van der Waals surface area contributed by atoms with Crippen LogP contribution >= 0.6 is 50.7 Å². The minimum Gasteiger partial charge on any atom is -0.381 e. The van der Waals surface area contributed by atoms with Crippen LogP contribution in [0.15, 0.2) is 0 Å². The second-order valence-corrected chi connectivity index (χ2v) is 6.20. The van der Waals surface area contributed by atoms with E-state index in [1.807, 2.05) is 0 Å². The van der Waals surface area contributed by atoms with Gasteiger partial charge in [0.2, 0.25) is 3.79 Å². The lowest BCUT2D eigenvalue weighted by Gasteiger charge is -2.25. The minimum atomic E-state index is -2.09. The van der Waals surface area contributed by atoms with Gasteiger partial charge in [0.25, 0.3) is 0 Å². The van der Waals surface area contributed by atoms with Crippen LogP contribution < -0.4 is 0 Å². The predicted octanol–water partition coefficient (Wildman–Crippen LogP) is 2.11. The Hall–Kier alpha value is 0.710. The number of aliphatic hydroxyl groups is 1. The summed E-state index contributed by atoms with van der Waals surface area (Å²) >= 11 is 18.4. The van der Waals surface area contributed by atoms with E-state index < -0.39 is 19.3 Å². The first-order valence-electron chi connectivity index (χ1n) is 2.68. The van der Waals surface area contributed by atoms with Crippen molar-refractivity contribution in [2.75, 3.05) is 0 Å². The number of alkyl halides is 4. The molecule has 0 rings (SSSR count). The van der Waals surface area contributed by atoms with Crippen LogP contribution in [0.25, 0.3) is 0 Å². The number of aliphatic hydroxyl groups excluding tert-OH is 1. The number of hydrogen-bond acceptors (Lipinski definition) is 3. The van der Waals surface area contributed by atoms with Crippen LogP contribution in [0.1, 0.15) is 6.92 Å². The summed E-state index contributed by atoms with van der Waals surface area (Å²) < 4.78 is -3.95. The third kappa shape index (κ3) is 2.88. The smallest absolute Gasteiger partial charge is 0.301 e. The van der Waals surface area contributed by atoms with Crippen molar-refractivity contribution < 1.29 is 10.0 Å². The first-order valence-corrected chi connectivity index (χ1v) is 4.61. The van der Waals surface area contributed by atoms with Crippen LogP contribution in [0.3, 0.4) is 0 Å². The van der Waals surface area contributed by atoms with Crippen molar-refractivity contribution in [3.05, 3.63) is 10.1 Å². The zero-order valence-corrected chi connectivity index (χ0v) is 9.65. The summed E-state index contributed by atoms with van der Waals surface area (Å²) in [6, 6.07) is 0. The van der Waals surface area contributed by atoms with E-state index >= 15 is 0 Å². The third-order valence-corrected chi connectivity index (χ3v) is 2.51. The van der Waals surface area contributed by atoms with E-state index in [0.29, 0.717) is 0 Å². The standard InChI is InChI=1S/C4H5BrCl3NO3/c1-3(5,9(11)12)2(10)4(6,7)8/h2,10H,1H3. The van der Waals surface area contributed by atoms with Crippen molar-refractivity contribution in [1.82, 2.24) is 0 Å². The van der Waals surface area contributed by atoms with Crippen molar-refractivity contribution >= 4 is 50.7 Å². The van der Waals surface area contributed by atoms with Gasteiger partial charge in [-0.3, -0.25) is 10.1 Å². The van der Waals surface area contributed by atoms with Crippen molar-refractivity contribution in [1.29, 1.82) is 0 Å². The molecular weight excluding hydrogens is 296 g/mol. The molecule has 0 aliphatic carbocycles. The Labute approximate surface area is 92.1 Å². The highest BCUT2D eigenvalue weighted by atomic mass is 79.9. The largest absolute Gasteiger partial charge is 0.381 e. The molecule has 8 heteroatoms. The molecular formula is C4H5BrCl3NO3. The molecule has 0 aromatic heterocycles. The average Bonchev–Trinajstić information content (AvgIpc) is 1.83. The van der Waals surface area contributed by atoms with Crippen LogP contribution in [0.5, 0.6) is 0 Å². The van der Waals surface area contributed by atoms with E-state index in [9.17, 15) is 15.2 Å². The van der Waals surface area contributed by atoms with Gasteiger partial charge in [0.15, 0.2) is 6.10 Å². The second-order valence-electron chi connectivity index (χ2n) is 2.23. The second kappa shape index (κ2) is 3.84. The molecule has 0 heterocycles. The summed E-state index contributed by atoms with van der Waals surface area (Å²) in [6.07, 6.45) is -1.73. The Bertz CT molecular complexity index is 192. The summed E-state index contributed by atoms with van der Waals surface area (Å²) in [5, 5.41) is 19.5. The Morgan fingerprint density at radius 1 is 1.58 bits per heavy atom. The number of nitrogens with zero attached hydrogens (tertiary/aromatic N) is 1. The minimum absolute atomic E-state index is 0.778. The van der Waals surface area contributed by atoms with E-state index in [0.717, 1.165) is 6.92 Å². The molecule has 0 spiro atoms. The molecule has 0 bridgehead atoms. The van der Waals surface area contributed by atoms with Crippen LogP contribution in [0.2, 0.25) is 0 Å². The van der Waals surface area contributed by atoms with Gasteiger partial charge in [-0.2, -0.15) is 0 Å². The molecule has 0 radical (unpaired) electrons. The van der Waals surface area contributed by atoms with Gasteiger partial charge in [-0.05, 0) is 0 Å². The fourth-order valence-corrected chi connectivity index (χ4v) is 1.77. The maximum Gasteiger partial charge on any atom is 0.301 e.